The molecular formula is C91H150O17P2. The molecule has 0 aliphatic carbocycles. The van der Waals surface area contributed by atoms with E-state index in [2.05, 4.69) is 186 Å². The number of hydrogen-bond acceptors (Lipinski definition) is 15. The van der Waals surface area contributed by atoms with Crippen molar-refractivity contribution in [1.29, 1.82) is 0 Å². The van der Waals surface area contributed by atoms with E-state index in [-0.39, 0.29) is 25.7 Å². The largest absolute Gasteiger partial charge is 0.472 e. The fraction of sp³-hybridized carbons (Fsp3) is 0.648. The predicted octanol–water partition coefficient (Wildman–Crippen LogP) is 25.3. The van der Waals surface area contributed by atoms with E-state index < -0.39 is 97.5 Å². The van der Waals surface area contributed by atoms with Crippen LogP contribution < -0.4 is 0 Å². The molecule has 3 N–H and O–H groups in total. The Kier molecular flexibility index (Phi) is 77.3. The van der Waals surface area contributed by atoms with Crippen molar-refractivity contribution in [3.63, 3.8) is 0 Å². The van der Waals surface area contributed by atoms with Gasteiger partial charge in [0.1, 0.15) is 19.3 Å². The zero-order chi connectivity index (χ0) is 80.3. The molecule has 0 radical (unpaired) electrons. The average molecular weight is 1580 g/mol. The van der Waals surface area contributed by atoms with Gasteiger partial charge in [-0.25, -0.2) is 9.13 Å². The van der Waals surface area contributed by atoms with Crippen LogP contribution in [-0.2, 0) is 65.4 Å². The summed E-state index contributed by atoms with van der Waals surface area (Å²) in [6.07, 6.45) is 97.5. The number of phosphoric ester groups is 2. The highest BCUT2D eigenvalue weighted by atomic mass is 31.2. The molecule has 5 unspecified atom stereocenters. The average Bonchev–Trinajstić information content (AvgIpc) is 0.906. The topological polar surface area (TPSA) is 237 Å². The Hall–Kier alpha value is -5.58. The third-order valence-electron chi connectivity index (χ3n) is 17.1. The molecule has 0 saturated carbocycles. The van der Waals surface area contributed by atoms with Crippen LogP contribution in [0.1, 0.15) is 323 Å². The minimum atomic E-state index is -5.01. The van der Waals surface area contributed by atoms with Crippen LogP contribution in [0.15, 0.2) is 170 Å². The number of carbonyl (C=O) groups is 4. The Balaban J connectivity index is 5.47. The van der Waals surface area contributed by atoms with Gasteiger partial charge in [-0.1, -0.05) is 294 Å². The minimum Gasteiger partial charge on any atom is -0.462 e. The summed E-state index contributed by atoms with van der Waals surface area (Å²) in [5.41, 5.74) is 0. The lowest BCUT2D eigenvalue weighted by atomic mass is 10.1. The van der Waals surface area contributed by atoms with Gasteiger partial charge in [-0.2, -0.15) is 0 Å². The van der Waals surface area contributed by atoms with Crippen LogP contribution in [0.3, 0.4) is 0 Å². The Bertz CT molecular complexity index is 2750. The fourth-order valence-electron chi connectivity index (χ4n) is 10.8. The molecule has 0 aromatic heterocycles. The van der Waals surface area contributed by atoms with Gasteiger partial charge in [0, 0.05) is 25.7 Å². The molecule has 0 saturated heterocycles. The zero-order valence-electron chi connectivity index (χ0n) is 68.6. The van der Waals surface area contributed by atoms with E-state index in [9.17, 15) is 43.2 Å². The van der Waals surface area contributed by atoms with Gasteiger partial charge >= 0.3 is 39.5 Å². The molecular weight excluding hydrogens is 1430 g/mol. The van der Waals surface area contributed by atoms with Crippen molar-refractivity contribution < 1.29 is 80.2 Å². The highest BCUT2D eigenvalue weighted by molar-refractivity contribution is 7.47. The molecule has 0 amide bonds. The second-order valence-corrected chi connectivity index (χ2v) is 30.6. The Morgan fingerprint density at radius 1 is 0.264 bits per heavy atom. The molecule has 0 spiro atoms. The number of ether oxygens (including phenoxy) is 4. The molecule has 626 valence electrons. The number of phosphoric acid groups is 2. The maximum Gasteiger partial charge on any atom is 0.472 e. The highest BCUT2D eigenvalue weighted by Crippen LogP contribution is 2.45. The van der Waals surface area contributed by atoms with Crippen LogP contribution in [0.2, 0.25) is 0 Å². The molecule has 0 aliphatic rings. The monoisotopic (exact) mass is 1580 g/mol. The van der Waals surface area contributed by atoms with Crippen molar-refractivity contribution in [1.82, 2.24) is 0 Å². The number of hydrogen-bond donors (Lipinski definition) is 3. The van der Waals surface area contributed by atoms with Gasteiger partial charge in [-0.3, -0.25) is 37.3 Å². The van der Waals surface area contributed by atoms with Crippen molar-refractivity contribution in [2.75, 3.05) is 39.6 Å². The molecule has 0 aliphatic heterocycles. The van der Waals surface area contributed by atoms with Gasteiger partial charge in [-0.05, 0) is 173 Å². The van der Waals surface area contributed by atoms with Gasteiger partial charge in [0.25, 0.3) is 0 Å². The number of allylic oxidation sites excluding steroid dienone is 28. The van der Waals surface area contributed by atoms with Gasteiger partial charge in [-0.15, -0.1) is 0 Å². The van der Waals surface area contributed by atoms with Crippen molar-refractivity contribution in [3.05, 3.63) is 170 Å². The van der Waals surface area contributed by atoms with Crippen LogP contribution in [0.4, 0.5) is 0 Å². The second-order valence-electron chi connectivity index (χ2n) is 27.6. The number of carbonyl (C=O) groups excluding carboxylic acids is 4. The van der Waals surface area contributed by atoms with Gasteiger partial charge in [0.05, 0.1) is 26.4 Å². The quantitative estimate of drug-likeness (QED) is 0.0169. The van der Waals surface area contributed by atoms with Gasteiger partial charge in [0.15, 0.2) is 12.2 Å². The molecule has 0 bridgehead atoms. The third kappa shape index (κ3) is 80.5. The Morgan fingerprint density at radius 3 is 0.764 bits per heavy atom. The van der Waals surface area contributed by atoms with E-state index in [1.54, 1.807) is 0 Å². The zero-order valence-corrected chi connectivity index (χ0v) is 70.4. The molecule has 110 heavy (non-hydrogen) atoms. The first-order valence-corrected chi connectivity index (χ1v) is 45.4. The minimum absolute atomic E-state index is 0.00747. The first-order chi connectivity index (χ1) is 53.7. The fourth-order valence-corrected chi connectivity index (χ4v) is 12.3. The summed E-state index contributed by atoms with van der Waals surface area (Å²) >= 11 is 0. The lowest BCUT2D eigenvalue weighted by molar-refractivity contribution is -0.161. The van der Waals surface area contributed by atoms with E-state index in [4.69, 9.17) is 37.0 Å². The van der Waals surface area contributed by atoms with Crippen LogP contribution in [-0.4, -0.2) is 96.7 Å². The number of aliphatic hydroxyl groups is 1. The van der Waals surface area contributed by atoms with Crippen LogP contribution in [0.5, 0.6) is 0 Å². The SMILES string of the molecule is CC/C=C\C/C=C\C/C=C\C/C=C\C/C=C\CCCC(=O)OC(COC(=O)CCCCCCCC/C=C\C/C=C\C/C=C\CCCCC)COP(=O)(O)OCC(O)COP(=O)(O)OCC(COC(=O)CCCCCCCC/C=C\C/C=C\C/C=C\CCCCC)OC(=O)CCCCCCC/C=C\C/C=C\C/C=C\CC. The Labute approximate surface area is 667 Å². The van der Waals surface area contributed by atoms with E-state index in [1.165, 1.54) is 38.5 Å². The molecule has 0 rings (SSSR count). The van der Waals surface area contributed by atoms with Crippen LogP contribution in [0, 0.1) is 0 Å². The summed E-state index contributed by atoms with van der Waals surface area (Å²) in [5.74, 6) is -2.30. The van der Waals surface area contributed by atoms with Crippen LogP contribution >= 0.6 is 15.6 Å². The van der Waals surface area contributed by atoms with Crippen molar-refractivity contribution in [2.45, 2.75) is 341 Å². The van der Waals surface area contributed by atoms with Gasteiger partial charge < -0.3 is 33.8 Å². The van der Waals surface area contributed by atoms with Gasteiger partial charge in [0.2, 0.25) is 0 Å². The molecule has 0 aromatic rings. The second kappa shape index (κ2) is 81.4. The van der Waals surface area contributed by atoms with Crippen LogP contribution in [0.25, 0.3) is 0 Å². The van der Waals surface area contributed by atoms with E-state index >= 15 is 0 Å². The lowest BCUT2D eigenvalue weighted by Gasteiger charge is -2.21. The van der Waals surface area contributed by atoms with Crippen molar-refractivity contribution >= 4 is 39.5 Å². The van der Waals surface area contributed by atoms with Crippen molar-refractivity contribution in [2.24, 2.45) is 0 Å². The van der Waals surface area contributed by atoms with E-state index in [1.807, 2.05) is 12.2 Å². The molecule has 0 aromatic carbocycles. The predicted molar refractivity (Wildman–Crippen MR) is 454 cm³/mol. The normalized spacial score (nSPS) is 14.6. The highest BCUT2D eigenvalue weighted by Gasteiger charge is 2.30. The summed E-state index contributed by atoms with van der Waals surface area (Å²) in [5, 5.41) is 10.7. The summed E-state index contributed by atoms with van der Waals surface area (Å²) in [4.78, 5) is 73.2. The van der Waals surface area contributed by atoms with Crippen molar-refractivity contribution in [3.8, 4) is 0 Å². The standard InChI is InChI=1S/C91H150O17P2/c1-5-9-13-17-21-25-29-33-37-40-42-45-48-51-55-59-63-67-71-75-88(93)101-81-86(107-90(95)77-73-69-65-61-57-53-47-36-32-28-24-20-16-12-8-4)83-105-109(97,98)103-79-85(92)80-104-110(99,100)106-84-87(108-91(96)78-74-70-66-62-58-54-50-44-39-35-31-27-23-19-15-11-7-3)82-102-89(94)76-72-68-64-60-56-52-49-46-43-41-38-34-30-26-22-18-14-10-6-2/h11-12,15-16,21-28,33-39,42-43,45-47,50,54,62,66,85-87,92H,5-10,13-14,17-20,29-32,40-41,44,48-49,51-53,55-61,63-65,67-84H2,1-4H3,(H,97,98)(H,99,100)/b15-11-,16-12-,25-21-,26-22-,27-23-,28-24-,37-33-,38-34-,39-35-,45-42-,46-43-,47-36-,54-50-,66-62-. The number of unbranched alkanes of at least 4 members (excludes halogenated alkanes) is 24. The van der Waals surface area contributed by atoms with E-state index in [0.717, 1.165) is 199 Å². The molecule has 5 atom stereocenters. The molecule has 0 heterocycles. The molecule has 19 heteroatoms. The maximum absolute atomic E-state index is 13.1. The number of rotatable bonds is 78. The van der Waals surface area contributed by atoms with E-state index in [0.29, 0.717) is 32.1 Å². The molecule has 17 nitrogen and oxygen atoms in total. The first-order valence-electron chi connectivity index (χ1n) is 42.4. The number of aliphatic hydroxyl groups excluding tert-OH is 1. The summed E-state index contributed by atoms with van der Waals surface area (Å²) < 4.78 is 68.7. The molecule has 0 fully saturated rings. The summed E-state index contributed by atoms with van der Waals surface area (Å²) in [6, 6.07) is 0. The maximum atomic E-state index is 13.1. The first kappa shape index (κ1) is 104. The Morgan fingerprint density at radius 2 is 0.482 bits per heavy atom. The summed E-state index contributed by atoms with van der Waals surface area (Å²) in [6.45, 7) is 4.49. The smallest absolute Gasteiger partial charge is 0.462 e. The third-order valence-corrected chi connectivity index (χ3v) is 19.0. The number of esters is 4. The lowest BCUT2D eigenvalue weighted by Crippen LogP contribution is -2.30. The summed E-state index contributed by atoms with van der Waals surface area (Å²) in [7, 11) is -10.0.